The van der Waals surface area contributed by atoms with Crippen molar-refractivity contribution in [2.45, 2.75) is 30.9 Å². The molecule has 0 amide bonds. The summed E-state index contributed by atoms with van der Waals surface area (Å²) in [5, 5.41) is -0.180. The van der Waals surface area contributed by atoms with Crippen LogP contribution in [0.3, 0.4) is 0 Å². The number of hydrogen-bond donors (Lipinski definition) is 1. The van der Waals surface area contributed by atoms with Crippen molar-refractivity contribution in [3.63, 3.8) is 0 Å². The van der Waals surface area contributed by atoms with Gasteiger partial charge in [0.2, 0.25) is 0 Å². The molecule has 58 valence electrons. The molecule has 0 aromatic heterocycles. The van der Waals surface area contributed by atoms with Gasteiger partial charge in [0.05, 0.1) is 11.9 Å². The lowest BCUT2D eigenvalue weighted by Gasteiger charge is -2.13. The Balaban J connectivity index is 2.35. The lowest BCUT2D eigenvalue weighted by Crippen LogP contribution is -2.20. The average molecular weight is 160 g/mol. The van der Waals surface area contributed by atoms with Crippen LogP contribution in [-0.2, 0) is 9.53 Å². The van der Waals surface area contributed by atoms with Gasteiger partial charge in [0.15, 0.2) is 0 Å². The number of thiol groups is 1. The summed E-state index contributed by atoms with van der Waals surface area (Å²) < 4.78 is 4.88. The maximum absolute atomic E-state index is 10.9. The predicted molar refractivity (Wildman–Crippen MR) is 42.2 cm³/mol. The zero-order valence-corrected chi connectivity index (χ0v) is 6.77. The molecule has 1 fully saturated rings. The van der Waals surface area contributed by atoms with Crippen LogP contribution in [-0.4, -0.2) is 17.8 Å². The van der Waals surface area contributed by atoms with Crippen LogP contribution < -0.4 is 0 Å². The number of cyclic esters (lactones) is 1. The molecule has 0 aromatic carbocycles. The van der Waals surface area contributed by atoms with Gasteiger partial charge in [-0.1, -0.05) is 12.8 Å². The molecule has 1 aliphatic heterocycles. The minimum atomic E-state index is -0.180. The summed E-state index contributed by atoms with van der Waals surface area (Å²) in [6.45, 7) is 0.579. The molecule has 1 unspecified atom stereocenters. The van der Waals surface area contributed by atoms with Gasteiger partial charge in [-0.25, -0.2) is 0 Å². The highest BCUT2D eigenvalue weighted by Crippen LogP contribution is 2.13. The molecule has 1 aliphatic rings. The fraction of sp³-hybridized carbons (Fsp3) is 0.857. The largest absolute Gasteiger partial charge is 0.465 e. The molecule has 10 heavy (non-hydrogen) atoms. The standard InChI is InChI=1S/C7H12O2S/c8-7-6(10)4-2-1-3-5-9-7/h6,10H,1-5H2. The van der Waals surface area contributed by atoms with Crippen molar-refractivity contribution in [3.8, 4) is 0 Å². The van der Waals surface area contributed by atoms with E-state index in [-0.39, 0.29) is 11.2 Å². The normalized spacial score (nSPS) is 28.5. The van der Waals surface area contributed by atoms with E-state index < -0.39 is 0 Å². The van der Waals surface area contributed by atoms with Gasteiger partial charge in [-0.05, 0) is 12.8 Å². The number of esters is 1. The maximum atomic E-state index is 10.9. The van der Waals surface area contributed by atoms with Crippen LogP contribution in [0.4, 0.5) is 0 Å². The van der Waals surface area contributed by atoms with E-state index in [1.165, 1.54) is 0 Å². The van der Waals surface area contributed by atoms with E-state index in [4.69, 9.17) is 4.74 Å². The summed E-state index contributed by atoms with van der Waals surface area (Å²) >= 11 is 4.10. The summed E-state index contributed by atoms with van der Waals surface area (Å²) in [6.07, 6.45) is 4.13. The molecule has 0 aliphatic carbocycles. The van der Waals surface area contributed by atoms with Gasteiger partial charge >= 0.3 is 5.97 Å². The summed E-state index contributed by atoms with van der Waals surface area (Å²) in [7, 11) is 0. The molecule has 2 nitrogen and oxygen atoms in total. The number of ether oxygens (including phenoxy) is 1. The smallest absolute Gasteiger partial charge is 0.318 e. The summed E-state index contributed by atoms with van der Waals surface area (Å²) in [4.78, 5) is 10.9. The Kier molecular flexibility index (Phi) is 3.06. The van der Waals surface area contributed by atoms with Gasteiger partial charge in [0.25, 0.3) is 0 Å². The number of rotatable bonds is 0. The van der Waals surface area contributed by atoms with Crippen molar-refractivity contribution in [1.82, 2.24) is 0 Å². The van der Waals surface area contributed by atoms with E-state index >= 15 is 0 Å². The van der Waals surface area contributed by atoms with E-state index in [9.17, 15) is 4.79 Å². The number of hydrogen-bond acceptors (Lipinski definition) is 3. The van der Waals surface area contributed by atoms with Gasteiger partial charge in [-0.2, -0.15) is 12.6 Å². The molecule has 0 saturated carbocycles. The van der Waals surface area contributed by atoms with Crippen molar-refractivity contribution < 1.29 is 9.53 Å². The van der Waals surface area contributed by atoms with Crippen LogP contribution in [0.25, 0.3) is 0 Å². The second-order valence-corrected chi connectivity index (χ2v) is 3.16. The van der Waals surface area contributed by atoms with Crippen LogP contribution in [0.1, 0.15) is 25.7 Å². The fourth-order valence-corrected chi connectivity index (χ4v) is 1.26. The maximum Gasteiger partial charge on any atom is 0.318 e. The Morgan fingerprint density at radius 1 is 1.40 bits per heavy atom. The molecule has 3 heteroatoms. The van der Waals surface area contributed by atoms with Gasteiger partial charge in [-0.15, -0.1) is 0 Å². The Bertz CT molecular complexity index is 125. The van der Waals surface area contributed by atoms with E-state index in [2.05, 4.69) is 12.6 Å². The SMILES string of the molecule is O=C1OCCCCCC1S. The van der Waals surface area contributed by atoms with Crippen molar-refractivity contribution in [2.75, 3.05) is 6.61 Å². The molecule has 1 saturated heterocycles. The molecular formula is C7H12O2S. The van der Waals surface area contributed by atoms with Crippen molar-refractivity contribution in [1.29, 1.82) is 0 Å². The number of carbonyl (C=O) groups is 1. The molecule has 1 atom stereocenters. The van der Waals surface area contributed by atoms with Gasteiger partial charge in [-0.3, -0.25) is 4.79 Å². The minimum absolute atomic E-state index is 0.150. The number of carbonyl (C=O) groups excluding carboxylic acids is 1. The van der Waals surface area contributed by atoms with Crippen molar-refractivity contribution in [3.05, 3.63) is 0 Å². The molecule has 0 N–H and O–H groups in total. The Morgan fingerprint density at radius 2 is 2.20 bits per heavy atom. The summed E-state index contributed by atoms with van der Waals surface area (Å²) in [5.74, 6) is -0.150. The van der Waals surface area contributed by atoms with Crippen molar-refractivity contribution >= 4 is 18.6 Å². The highest BCUT2D eigenvalue weighted by molar-refractivity contribution is 7.81. The lowest BCUT2D eigenvalue weighted by molar-refractivity contribution is -0.143. The highest BCUT2D eigenvalue weighted by Gasteiger charge is 2.16. The molecule has 0 spiro atoms. The zero-order chi connectivity index (χ0) is 7.40. The third kappa shape index (κ3) is 2.21. The first-order valence-electron chi connectivity index (χ1n) is 3.65. The monoisotopic (exact) mass is 160 g/mol. The Morgan fingerprint density at radius 3 is 3.00 bits per heavy atom. The summed E-state index contributed by atoms with van der Waals surface area (Å²) in [5.41, 5.74) is 0. The van der Waals surface area contributed by atoms with Crippen LogP contribution in [0.5, 0.6) is 0 Å². The third-order valence-corrected chi connectivity index (χ3v) is 2.11. The first kappa shape index (κ1) is 7.92. The second-order valence-electron chi connectivity index (χ2n) is 2.53. The Hall–Kier alpha value is -0.180. The molecular weight excluding hydrogens is 148 g/mol. The van der Waals surface area contributed by atoms with Gasteiger partial charge in [0.1, 0.15) is 0 Å². The average Bonchev–Trinajstić information content (AvgIpc) is 1.92. The van der Waals surface area contributed by atoms with E-state index in [0.29, 0.717) is 6.61 Å². The zero-order valence-electron chi connectivity index (χ0n) is 5.88. The highest BCUT2D eigenvalue weighted by atomic mass is 32.1. The van der Waals surface area contributed by atoms with E-state index in [1.54, 1.807) is 0 Å². The Labute approximate surface area is 66.4 Å². The molecule has 0 radical (unpaired) electrons. The fourth-order valence-electron chi connectivity index (χ4n) is 1.00. The van der Waals surface area contributed by atoms with Crippen LogP contribution in [0, 0.1) is 0 Å². The molecule has 1 rings (SSSR count). The third-order valence-electron chi connectivity index (χ3n) is 1.64. The van der Waals surface area contributed by atoms with E-state index in [1.807, 2.05) is 0 Å². The topological polar surface area (TPSA) is 26.3 Å². The quantitative estimate of drug-likeness (QED) is 0.428. The van der Waals surface area contributed by atoms with Crippen molar-refractivity contribution in [2.24, 2.45) is 0 Å². The first-order valence-corrected chi connectivity index (χ1v) is 4.17. The lowest BCUT2D eigenvalue weighted by atomic mass is 10.1. The molecule has 0 aromatic rings. The van der Waals surface area contributed by atoms with Gasteiger partial charge in [0, 0.05) is 0 Å². The van der Waals surface area contributed by atoms with Gasteiger partial charge < -0.3 is 4.74 Å². The van der Waals surface area contributed by atoms with Crippen LogP contribution in [0.2, 0.25) is 0 Å². The van der Waals surface area contributed by atoms with Crippen LogP contribution in [0.15, 0.2) is 0 Å². The first-order chi connectivity index (χ1) is 4.80. The molecule has 1 heterocycles. The van der Waals surface area contributed by atoms with Crippen LogP contribution >= 0.6 is 12.6 Å². The van der Waals surface area contributed by atoms with E-state index in [0.717, 1.165) is 25.7 Å². The summed E-state index contributed by atoms with van der Waals surface area (Å²) in [6, 6.07) is 0. The minimum Gasteiger partial charge on any atom is -0.465 e. The molecule has 0 bridgehead atoms. The predicted octanol–water partition coefficient (Wildman–Crippen LogP) is 1.40. The second kappa shape index (κ2) is 3.86.